The van der Waals surface area contributed by atoms with Gasteiger partial charge in [-0.25, -0.2) is 4.39 Å². The lowest BCUT2D eigenvalue weighted by atomic mass is 10.1. The Morgan fingerprint density at radius 2 is 2.05 bits per heavy atom. The van der Waals surface area contributed by atoms with E-state index in [0.717, 1.165) is 25.2 Å². The predicted octanol–water partition coefficient (Wildman–Crippen LogP) is 1.96. The van der Waals surface area contributed by atoms with Crippen molar-refractivity contribution < 1.29 is 4.39 Å². The quantitative estimate of drug-likeness (QED) is 0.885. The molecule has 0 amide bonds. The van der Waals surface area contributed by atoms with Gasteiger partial charge in [0.2, 0.25) is 0 Å². The molecule has 0 aliphatic carbocycles. The minimum atomic E-state index is -0.174. The standard InChI is InChI=1S/C15H22FN3/c16-14-5-1-6-15(13(14)10-17)19-9-3-8-18-7-2-4-12(18)11-19/h1,5-6,12H,2-4,7-11,17H2. The minimum Gasteiger partial charge on any atom is -0.370 e. The third kappa shape index (κ3) is 2.47. The molecule has 0 radical (unpaired) electrons. The van der Waals surface area contributed by atoms with Crippen molar-refractivity contribution in [2.45, 2.75) is 31.8 Å². The molecule has 2 saturated heterocycles. The molecule has 0 bridgehead atoms. The number of halogens is 1. The van der Waals surface area contributed by atoms with Crippen LogP contribution in [0, 0.1) is 5.82 Å². The monoisotopic (exact) mass is 263 g/mol. The van der Waals surface area contributed by atoms with E-state index < -0.39 is 0 Å². The van der Waals surface area contributed by atoms with Gasteiger partial charge in [0.25, 0.3) is 0 Å². The minimum absolute atomic E-state index is 0.174. The molecule has 104 valence electrons. The predicted molar refractivity (Wildman–Crippen MR) is 75.7 cm³/mol. The second kappa shape index (κ2) is 5.47. The summed E-state index contributed by atoms with van der Waals surface area (Å²) in [5.41, 5.74) is 7.38. The van der Waals surface area contributed by atoms with Gasteiger partial charge in [0.15, 0.2) is 0 Å². The van der Waals surface area contributed by atoms with Crippen LogP contribution in [-0.4, -0.2) is 37.1 Å². The first-order chi connectivity index (χ1) is 9.29. The van der Waals surface area contributed by atoms with Gasteiger partial charge in [-0.15, -0.1) is 0 Å². The molecule has 19 heavy (non-hydrogen) atoms. The molecule has 4 heteroatoms. The summed E-state index contributed by atoms with van der Waals surface area (Å²) in [4.78, 5) is 4.92. The Hall–Kier alpha value is -1.13. The maximum absolute atomic E-state index is 13.9. The van der Waals surface area contributed by atoms with E-state index in [0.29, 0.717) is 11.6 Å². The van der Waals surface area contributed by atoms with Crippen LogP contribution in [-0.2, 0) is 6.54 Å². The van der Waals surface area contributed by atoms with Crippen molar-refractivity contribution in [3.05, 3.63) is 29.6 Å². The molecule has 3 rings (SSSR count). The Morgan fingerprint density at radius 3 is 2.89 bits per heavy atom. The van der Waals surface area contributed by atoms with E-state index in [1.165, 1.54) is 32.0 Å². The molecular formula is C15H22FN3. The van der Waals surface area contributed by atoms with Crippen LogP contribution in [0.3, 0.4) is 0 Å². The molecular weight excluding hydrogens is 241 g/mol. The lowest BCUT2D eigenvalue weighted by molar-refractivity contribution is 0.273. The summed E-state index contributed by atoms with van der Waals surface area (Å²) in [6.07, 6.45) is 3.71. The molecule has 2 N–H and O–H groups in total. The van der Waals surface area contributed by atoms with Gasteiger partial charge >= 0.3 is 0 Å². The molecule has 0 aromatic heterocycles. The summed E-state index contributed by atoms with van der Waals surface area (Å²) in [5.74, 6) is -0.174. The number of fused-ring (bicyclic) bond motifs is 1. The third-order valence-corrected chi connectivity index (χ3v) is 4.44. The van der Waals surface area contributed by atoms with Crippen molar-refractivity contribution in [1.29, 1.82) is 0 Å². The molecule has 2 fully saturated rings. The molecule has 0 saturated carbocycles. The highest BCUT2D eigenvalue weighted by Gasteiger charge is 2.29. The van der Waals surface area contributed by atoms with Crippen molar-refractivity contribution in [1.82, 2.24) is 4.90 Å². The zero-order valence-corrected chi connectivity index (χ0v) is 11.3. The van der Waals surface area contributed by atoms with Crippen LogP contribution in [0.4, 0.5) is 10.1 Å². The topological polar surface area (TPSA) is 32.5 Å². The van der Waals surface area contributed by atoms with Crippen LogP contribution in [0.2, 0.25) is 0 Å². The number of anilines is 1. The molecule has 1 aromatic carbocycles. The fraction of sp³-hybridized carbons (Fsp3) is 0.600. The summed E-state index contributed by atoms with van der Waals surface area (Å²) in [7, 11) is 0. The van der Waals surface area contributed by atoms with E-state index in [-0.39, 0.29) is 12.4 Å². The zero-order valence-electron chi connectivity index (χ0n) is 11.3. The Kier molecular flexibility index (Phi) is 3.71. The Morgan fingerprint density at radius 1 is 1.21 bits per heavy atom. The lowest BCUT2D eigenvalue weighted by Crippen LogP contribution is -2.37. The van der Waals surface area contributed by atoms with Gasteiger partial charge in [-0.1, -0.05) is 6.07 Å². The first-order valence-corrected chi connectivity index (χ1v) is 7.26. The normalized spacial score (nSPS) is 24.3. The second-order valence-electron chi connectivity index (χ2n) is 5.57. The van der Waals surface area contributed by atoms with E-state index >= 15 is 0 Å². The summed E-state index contributed by atoms with van der Waals surface area (Å²) in [6, 6.07) is 5.94. The molecule has 2 aliphatic heterocycles. The first kappa shape index (κ1) is 12.9. The smallest absolute Gasteiger partial charge is 0.129 e. The van der Waals surface area contributed by atoms with E-state index in [9.17, 15) is 4.39 Å². The van der Waals surface area contributed by atoms with Gasteiger partial charge in [-0.05, 0) is 37.9 Å². The van der Waals surface area contributed by atoms with Crippen LogP contribution in [0.1, 0.15) is 24.8 Å². The molecule has 1 aromatic rings. The summed E-state index contributed by atoms with van der Waals surface area (Å²) < 4.78 is 13.9. The van der Waals surface area contributed by atoms with Crippen LogP contribution < -0.4 is 10.6 Å². The highest BCUT2D eigenvalue weighted by molar-refractivity contribution is 5.54. The van der Waals surface area contributed by atoms with Crippen molar-refractivity contribution in [3.63, 3.8) is 0 Å². The number of hydrogen-bond acceptors (Lipinski definition) is 3. The Labute approximate surface area is 114 Å². The molecule has 1 unspecified atom stereocenters. The number of nitrogens with zero attached hydrogens (tertiary/aromatic N) is 2. The molecule has 3 nitrogen and oxygen atoms in total. The first-order valence-electron chi connectivity index (χ1n) is 7.26. The highest BCUT2D eigenvalue weighted by Crippen LogP contribution is 2.28. The SMILES string of the molecule is NCc1c(F)cccc1N1CCCN2CCCC2C1. The van der Waals surface area contributed by atoms with Gasteiger partial charge in [0, 0.05) is 43.5 Å². The molecule has 2 heterocycles. The molecule has 2 aliphatic rings. The summed E-state index contributed by atoms with van der Waals surface area (Å²) >= 11 is 0. The van der Waals surface area contributed by atoms with Gasteiger partial charge in [0.1, 0.15) is 5.82 Å². The van der Waals surface area contributed by atoms with E-state index in [4.69, 9.17) is 5.73 Å². The summed E-state index contributed by atoms with van der Waals surface area (Å²) in [5, 5.41) is 0. The fourth-order valence-corrected chi connectivity index (χ4v) is 3.47. The van der Waals surface area contributed by atoms with Crippen LogP contribution in [0.25, 0.3) is 0 Å². The van der Waals surface area contributed by atoms with E-state index in [1.807, 2.05) is 6.07 Å². The number of benzene rings is 1. The molecule has 1 atom stereocenters. The molecule has 0 spiro atoms. The van der Waals surface area contributed by atoms with E-state index in [1.54, 1.807) is 6.07 Å². The van der Waals surface area contributed by atoms with Crippen LogP contribution in [0.5, 0.6) is 0 Å². The maximum Gasteiger partial charge on any atom is 0.129 e. The fourth-order valence-electron chi connectivity index (χ4n) is 3.47. The van der Waals surface area contributed by atoms with Crippen LogP contribution >= 0.6 is 0 Å². The van der Waals surface area contributed by atoms with Crippen LogP contribution in [0.15, 0.2) is 18.2 Å². The van der Waals surface area contributed by atoms with Crippen molar-refractivity contribution >= 4 is 5.69 Å². The van der Waals surface area contributed by atoms with Gasteiger partial charge < -0.3 is 10.6 Å². The average molecular weight is 263 g/mol. The number of hydrogen-bond donors (Lipinski definition) is 1. The van der Waals surface area contributed by atoms with Gasteiger partial charge in [-0.3, -0.25) is 4.90 Å². The zero-order chi connectivity index (χ0) is 13.2. The maximum atomic E-state index is 13.9. The average Bonchev–Trinajstić information content (AvgIpc) is 2.76. The Balaban J connectivity index is 1.87. The van der Waals surface area contributed by atoms with Crippen molar-refractivity contribution in [3.8, 4) is 0 Å². The van der Waals surface area contributed by atoms with Gasteiger partial charge in [0.05, 0.1) is 0 Å². The third-order valence-electron chi connectivity index (χ3n) is 4.44. The summed E-state index contributed by atoms with van der Waals surface area (Å²) in [6.45, 7) is 4.69. The van der Waals surface area contributed by atoms with Crippen molar-refractivity contribution in [2.75, 3.05) is 31.1 Å². The Bertz CT molecular complexity index is 449. The van der Waals surface area contributed by atoms with E-state index in [2.05, 4.69) is 9.80 Å². The highest BCUT2D eigenvalue weighted by atomic mass is 19.1. The van der Waals surface area contributed by atoms with Gasteiger partial charge in [-0.2, -0.15) is 0 Å². The number of rotatable bonds is 2. The lowest BCUT2D eigenvalue weighted by Gasteiger charge is -2.29. The largest absolute Gasteiger partial charge is 0.370 e. The van der Waals surface area contributed by atoms with Crippen molar-refractivity contribution in [2.24, 2.45) is 5.73 Å². The second-order valence-corrected chi connectivity index (χ2v) is 5.57. The number of nitrogens with two attached hydrogens (primary N) is 1.